The molecule has 1 aromatic heterocycles. The number of nitrogen functional groups attached to an aromatic ring is 1. The molecule has 8 nitrogen and oxygen atoms in total. The fourth-order valence-corrected chi connectivity index (χ4v) is 2.99. The van der Waals surface area contributed by atoms with Crippen molar-refractivity contribution < 1.29 is 9.59 Å². The third-order valence-corrected chi connectivity index (χ3v) is 4.48. The van der Waals surface area contributed by atoms with E-state index in [1.54, 1.807) is 0 Å². The molecule has 2 rings (SSSR count). The van der Waals surface area contributed by atoms with Crippen molar-refractivity contribution in [2.75, 3.05) is 37.3 Å². The van der Waals surface area contributed by atoms with Gasteiger partial charge >= 0.3 is 0 Å². The normalized spacial score (nSPS) is 15.8. The maximum absolute atomic E-state index is 12.0. The van der Waals surface area contributed by atoms with E-state index in [1.165, 1.54) is 18.4 Å². The number of hydrogen-bond acceptors (Lipinski definition) is 7. The van der Waals surface area contributed by atoms with Gasteiger partial charge in [0.2, 0.25) is 5.91 Å². The summed E-state index contributed by atoms with van der Waals surface area (Å²) >= 11 is 1.24. The van der Waals surface area contributed by atoms with Gasteiger partial charge in [-0.3, -0.25) is 9.59 Å². The number of carbonyl (C=O) groups is 2. The maximum Gasteiger partial charge on any atom is 0.265 e. The van der Waals surface area contributed by atoms with Crippen molar-refractivity contribution in [1.82, 2.24) is 15.6 Å². The monoisotopic (exact) mass is 312 g/mol. The van der Waals surface area contributed by atoms with Gasteiger partial charge in [-0.05, 0) is 12.8 Å². The molecular formula is C12H20N6O2S. The molecule has 2 amide bonds. The highest BCUT2D eigenvalue weighted by Gasteiger charge is 2.23. The molecule has 9 heteroatoms. The number of nitrogens with two attached hydrogens (primary N) is 2. The lowest BCUT2D eigenvalue weighted by Gasteiger charge is -2.29. The fourth-order valence-electron chi connectivity index (χ4n) is 2.04. The van der Waals surface area contributed by atoms with Crippen molar-refractivity contribution in [3.8, 4) is 0 Å². The first-order valence-electron chi connectivity index (χ1n) is 6.77. The summed E-state index contributed by atoms with van der Waals surface area (Å²) in [5.74, 6) is -0.454. The fraction of sp³-hybridized carbons (Fsp3) is 0.583. The molecule has 1 saturated heterocycles. The quantitative estimate of drug-likeness (QED) is 0.572. The summed E-state index contributed by atoms with van der Waals surface area (Å²) in [7, 11) is 1.51. The van der Waals surface area contributed by atoms with E-state index in [-0.39, 0.29) is 30.2 Å². The SMILES string of the molecule is CNC(=O)CNC(=O)c1sc(N2CCC(N)CC2)nc1N. The molecule has 1 fully saturated rings. The van der Waals surface area contributed by atoms with Crippen LogP contribution >= 0.6 is 11.3 Å². The second-order valence-electron chi connectivity index (χ2n) is 4.89. The van der Waals surface area contributed by atoms with E-state index in [1.807, 2.05) is 0 Å². The van der Waals surface area contributed by atoms with Crippen molar-refractivity contribution in [2.24, 2.45) is 5.73 Å². The highest BCUT2D eigenvalue weighted by atomic mass is 32.1. The van der Waals surface area contributed by atoms with Crippen molar-refractivity contribution in [1.29, 1.82) is 0 Å². The Kier molecular flexibility index (Phi) is 4.97. The Labute approximate surface area is 126 Å². The van der Waals surface area contributed by atoms with Crippen LogP contribution in [0.2, 0.25) is 0 Å². The van der Waals surface area contributed by atoms with Gasteiger partial charge in [-0.2, -0.15) is 0 Å². The summed E-state index contributed by atoms with van der Waals surface area (Å²) in [6.07, 6.45) is 1.80. The summed E-state index contributed by atoms with van der Waals surface area (Å²) in [6.45, 7) is 1.54. The number of piperidine rings is 1. The van der Waals surface area contributed by atoms with Gasteiger partial charge in [-0.15, -0.1) is 0 Å². The van der Waals surface area contributed by atoms with Crippen LogP contribution in [0.25, 0.3) is 0 Å². The molecular weight excluding hydrogens is 292 g/mol. The van der Waals surface area contributed by atoms with Gasteiger partial charge < -0.3 is 27.0 Å². The molecule has 1 aromatic rings. The minimum absolute atomic E-state index is 0.0828. The molecule has 0 radical (unpaired) electrons. The van der Waals surface area contributed by atoms with Gasteiger partial charge in [0.25, 0.3) is 5.91 Å². The number of aromatic nitrogens is 1. The number of carbonyl (C=O) groups excluding carboxylic acids is 2. The third-order valence-electron chi connectivity index (χ3n) is 3.35. The van der Waals surface area contributed by atoms with Gasteiger partial charge in [-0.1, -0.05) is 11.3 Å². The molecule has 2 heterocycles. The highest BCUT2D eigenvalue weighted by molar-refractivity contribution is 7.18. The molecule has 0 bridgehead atoms. The van der Waals surface area contributed by atoms with Crippen LogP contribution in [0.3, 0.4) is 0 Å². The van der Waals surface area contributed by atoms with E-state index in [0.717, 1.165) is 31.1 Å². The summed E-state index contributed by atoms with van der Waals surface area (Å²) in [4.78, 5) is 29.8. The van der Waals surface area contributed by atoms with Gasteiger partial charge in [0, 0.05) is 26.2 Å². The van der Waals surface area contributed by atoms with E-state index in [4.69, 9.17) is 11.5 Å². The van der Waals surface area contributed by atoms with Crippen LogP contribution in [0, 0.1) is 0 Å². The first-order chi connectivity index (χ1) is 10.0. The largest absolute Gasteiger partial charge is 0.382 e. The van der Waals surface area contributed by atoms with Crippen LogP contribution in [-0.2, 0) is 4.79 Å². The predicted octanol–water partition coefficient (Wildman–Crippen LogP) is -0.871. The molecule has 0 spiro atoms. The lowest BCUT2D eigenvalue weighted by Crippen LogP contribution is -2.39. The van der Waals surface area contributed by atoms with Gasteiger partial charge in [0.05, 0.1) is 6.54 Å². The minimum Gasteiger partial charge on any atom is -0.382 e. The Hall–Kier alpha value is -1.87. The average Bonchev–Trinajstić information content (AvgIpc) is 2.87. The molecule has 0 aliphatic carbocycles. The molecule has 116 valence electrons. The zero-order chi connectivity index (χ0) is 15.4. The first kappa shape index (κ1) is 15.5. The third kappa shape index (κ3) is 3.82. The van der Waals surface area contributed by atoms with Gasteiger partial charge in [-0.25, -0.2) is 4.98 Å². The summed E-state index contributed by atoms with van der Waals surface area (Å²) in [6, 6.07) is 0.230. The molecule has 1 aliphatic rings. The van der Waals surface area contributed by atoms with Crippen LogP contribution in [0.5, 0.6) is 0 Å². The number of hydrogen-bond donors (Lipinski definition) is 4. The molecule has 21 heavy (non-hydrogen) atoms. The molecule has 6 N–H and O–H groups in total. The van der Waals surface area contributed by atoms with Crippen molar-refractivity contribution in [3.05, 3.63) is 4.88 Å². The Morgan fingerprint density at radius 1 is 1.43 bits per heavy atom. The molecule has 0 aromatic carbocycles. The molecule has 1 aliphatic heterocycles. The van der Waals surface area contributed by atoms with Crippen LogP contribution in [-0.4, -0.2) is 49.5 Å². The van der Waals surface area contributed by atoms with Gasteiger partial charge in [0.15, 0.2) is 5.13 Å². The Bertz CT molecular complexity index is 524. The van der Waals surface area contributed by atoms with Crippen LogP contribution < -0.4 is 27.0 Å². The van der Waals surface area contributed by atoms with E-state index < -0.39 is 0 Å². The first-order valence-corrected chi connectivity index (χ1v) is 7.58. The minimum atomic E-state index is -0.381. The zero-order valence-corrected chi connectivity index (χ0v) is 12.7. The van der Waals surface area contributed by atoms with Crippen molar-refractivity contribution in [3.63, 3.8) is 0 Å². The molecule has 0 atom stereocenters. The smallest absolute Gasteiger partial charge is 0.265 e. The second kappa shape index (κ2) is 6.72. The number of nitrogens with zero attached hydrogens (tertiary/aromatic N) is 2. The summed E-state index contributed by atoms with van der Waals surface area (Å²) in [5, 5.41) is 5.67. The summed E-state index contributed by atoms with van der Waals surface area (Å²) in [5.41, 5.74) is 11.7. The van der Waals surface area contributed by atoms with E-state index in [0.29, 0.717) is 4.88 Å². The van der Waals surface area contributed by atoms with E-state index >= 15 is 0 Å². The number of rotatable bonds is 4. The highest BCUT2D eigenvalue weighted by Crippen LogP contribution is 2.29. The Balaban J connectivity index is 2.01. The average molecular weight is 312 g/mol. The van der Waals surface area contributed by atoms with Crippen LogP contribution in [0.4, 0.5) is 10.9 Å². The maximum atomic E-state index is 12.0. The zero-order valence-electron chi connectivity index (χ0n) is 11.9. The number of anilines is 2. The number of likely N-dealkylation sites (N-methyl/N-ethyl adjacent to an activating group) is 1. The lowest BCUT2D eigenvalue weighted by molar-refractivity contribution is -0.119. The number of nitrogens with one attached hydrogen (secondary N) is 2. The van der Waals surface area contributed by atoms with E-state index in [9.17, 15) is 9.59 Å². The lowest BCUT2D eigenvalue weighted by atomic mass is 10.1. The molecule has 0 saturated carbocycles. The number of amides is 2. The van der Waals surface area contributed by atoms with E-state index in [2.05, 4.69) is 20.5 Å². The Morgan fingerprint density at radius 3 is 2.71 bits per heavy atom. The van der Waals surface area contributed by atoms with Gasteiger partial charge in [0.1, 0.15) is 10.7 Å². The van der Waals surface area contributed by atoms with Crippen LogP contribution in [0.1, 0.15) is 22.5 Å². The predicted molar refractivity (Wildman–Crippen MR) is 82.3 cm³/mol. The van der Waals surface area contributed by atoms with Crippen LogP contribution in [0.15, 0.2) is 0 Å². The van der Waals surface area contributed by atoms with Crippen molar-refractivity contribution >= 4 is 34.1 Å². The molecule has 0 unspecified atom stereocenters. The van der Waals surface area contributed by atoms with Crippen molar-refractivity contribution in [2.45, 2.75) is 18.9 Å². The Morgan fingerprint density at radius 2 is 2.10 bits per heavy atom. The topological polar surface area (TPSA) is 126 Å². The number of thiazole rings is 1. The standard InChI is InChI=1S/C12H20N6O2S/c1-15-8(19)6-16-11(20)9-10(14)17-12(21-9)18-4-2-7(13)3-5-18/h7H,2-6,13-14H2,1H3,(H,15,19)(H,16,20). The second-order valence-corrected chi connectivity index (χ2v) is 5.87. The summed E-state index contributed by atoms with van der Waals surface area (Å²) < 4.78 is 0.